The SMILES string of the molecule is CC(C)CP(=O)(CC(C)C)c1ccc2ccccc2c1-c1c(OS(=O)(=O)C(F)(F)F)ccc2ccccc12. The summed E-state index contributed by atoms with van der Waals surface area (Å²) in [5.41, 5.74) is -4.99. The summed E-state index contributed by atoms with van der Waals surface area (Å²) in [6.07, 6.45) is 0.802. The average molecular weight is 563 g/mol. The highest BCUT2D eigenvalue weighted by Crippen LogP contribution is 2.53. The molecule has 0 saturated carbocycles. The molecule has 4 rings (SSSR count). The van der Waals surface area contributed by atoms with Gasteiger partial charge in [-0.25, -0.2) is 0 Å². The number of hydrogen-bond acceptors (Lipinski definition) is 4. The number of benzene rings is 4. The normalized spacial score (nSPS) is 13.1. The van der Waals surface area contributed by atoms with Gasteiger partial charge in [-0.1, -0.05) is 94.4 Å². The maximum atomic E-state index is 14.8. The monoisotopic (exact) mass is 562 g/mol. The van der Waals surface area contributed by atoms with Crippen molar-refractivity contribution < 1.29 is 30.3 Å². The van der Waals surface area contributed by atoms with Gasteiger partial charge in [-0.3, -0.25) is 0 Å². The molecule has 0 aromatic heterocycles. The predicted octanol–water partition coefficient (Wildman–Crippen LogP) is 8.19. The van der Waals surface area contributed by atoms with Crippen LogP contribution in [0.2, 0.25) is 0 Å². The van der Waals surface area contributed by atoms with Crippen LogP contribution < -0.4 is 9.49 Å². The van der Waals surface area contributed by atoms with E-state index in [1.807, 2.05) is 52.0 Å². The van der Waals surface area contributed by atoms with E-state index in [-0.39, 0.29) is 17.4 Å². The van der Waals surface area contributed by atoms with Gasteiger partial charge < -0.3 is 8.75 Å². The molecule has 0 unspecified atom stereocenters. The zero-order valence-electron chi connectivity index (χ0n) is 21.6. The molecule has 0 aliphatic heterocycles. The van der Waals surface area contributed by atoms with Crippen molar-refractivity contribution in [3.63, 3.8) is 0 Å². The van der Waals surface area contributed by atoms with Crippen molar-refractivity contribution in [1.29, 1.82) is 0 Å². The first-order valence-electron chi connectivity index (χ1n) is 12.4. The minimum absolute atomic E-state index is 0.0905. The van der Waals surface area contributed by atoms with E-state index in [1.165, 1.54) is 12.1 Å². The minimum Gasteiger partial charge on any atom is -0.375 e. The molecule has 0 saturated heterocycles. The molecule has 9 heteroatoms. The fraction of sp³-hybridized carbons (Fsp3) is 0.310. The van der Waals surface area contributed by atoms with Crippen molar-refractivity contribution in [3.8, 4) is 16.9 Å². The Morgan fingerprint density at radius 3 is 1.71 bits per heavy atom. The van der Waals surface area contributed by atoms with Crippen LogP contribution in [0, 0.1) is 11.8 Å². The van der Waals surface area contributed by atoms with E-state index in [1.54, 1.807) is 36.4 Å². The number of rotatable bonds is 8. The fourth-order valence-corrected chi connectivity index (χ4v) is 9.42. The maximum Gasteiger partial charge on any atom is 0.534 e. The Balaban J connectivity index is 2.18. The summed E-state index contributed by atoms with van der Waals surface area (Å²) in [5.74, 6) is -0.278. The molecule has 0 bridgehead atoms. The van der Waals surface area contributed by atoms with Gasteiger partial charge in [-0.15, -0.1) is 0 Å². The predicted molar refractivity (Wildman–Crippen MR) is 149 cm³/mol. The zero-order chi connectivity index (χ0) is 27.9. The summed E-state index contributed by atoms with van der Waals surface area (Å²) in [6.45, 7) is 7.93. The van der Waals surface area contributed by atoms with Crippen LogP contribution in [-0.2, 0) is 14.7 Å². The van der Waals surface area contributed by atoms with Crippen molar-refractivity contribution in [2.45, 2.75) is 33.2 Å². The van der Waals surface area contributed by atoms with Crippen LogP contribution in [0.25, 0.3) is 32.7 Å². The summed E-state index contributed by atoms with van der Waals surface area (Å²) < 4.78 is 84.2. The van der Waals surface area contributed by atoms with E-state index < -0.39 is 28.5 Å². The topological polar surface area (TPSA) is 60.4 Å². The van der Waals surface area contributed by atoms with E-state index in [4.69, 9.17) is 4.18 Å². The molecular weight excluding hydrogens is 532 g/mol. The first kappa shape index (κ1) is 28.2. The molecule has 0 aliphatic rings. The van der Waals surface area contributed by atoms with Crippen molar-refractivity contribution >= 4 is 44.1 Å². The lowest BCUT2D eigenvalue weighted by atomic mass is 9.93. The first-order valence-corrected chi connectivity index (χ1v) is 15.9. The van der Waals surface area contributed by atoms with Crippen molar-refractivity contribution in [2.75, 3.05) is 12.3 Å². The molecule has 0 fully saturated rings. The summed E-state index contributed by atoms with van der Waals surface area (Å²) in [7, 11) is -9.06. The Hall–Kier alpha value is -2.83. The number of alkyl halides is 3. The van der Waals surface area contributed by atoms with Gasteiger partial charge in [0.15, 0.2) is 5.75 Å². The van der Waals surface area contributed by atoms with Gasteiger partial charge >= 0.3 is 15.6 Å². The molecule has 0 radical (unpaired) electrons. The Morgan fingerprint density at radius 1 is 0.737 bits per heavy atom. The third-order valence-corrected chi connectivity index (χ3v) is 11.1. The number of hydrogen-bond donors (Lipinski definition) is 0. The maximum absolute atomic E-state index is 14.8. The van der Waals surface area contributed by atoms with Crippen molar-refractivity contribution in [1.82, 2.24) is 0 Å². The average Bonchev–Trinajstić information content (AvgIpc) is 2.81. The van der Waals surface area contributed by atoms with Crippen LogP contribution in [0.15, 0.2) is 72.8 Å². The van der Waals surface area contributed by atoms with Crippen LogP contribution in [-0.4, -0.2) is 26.2 Å². The molecule has 0 N–H and O–H groups in total. The van der Waals surface area contributed by atoms with E-state index in [0.717, 1.165) is 5.39 Å². The van der Waals surface area contributed by atoms with E-state index in [0.29, 0.717) is 39.4 Å². The highest BCUT2D eigenvalue weighted by atomic mass is 32.2. The van der Waals surface area contributed by atoms with Gasteiger partial charge in [0.25, 0.3) is 0 Å². The molecule has 0 amide bonds. The number of halogens is 3. The van der Waals surface area contributed by atoms with E-state index in [2.05, 4.69) is 0 Å². The Morgan fingerprint density at radius 2 is 1.21 bits per heavy atom. The third kappa shape index (κ3) is 5.48. The minimum atomic E-state index is -5.96. The summed E-state index contributed by atoms with van der Waals surface area (Å²) >= 11 is 0. The van der Waals surface area contributed by atoms with Gasteiger partial charge in [0.05, 0.1) is 0 Å². The second kappa shape index (κ2) is 10.4. The van der Waals surface area contributed by atoms with Gasteiger partial charge in [-0.2, -0.15) is 21.6 Å². The Bertz CT molecular complexity index is 1630. The van der Waals surface area contributed by atoms with Crippen LogP contribution in [0.1, 0.15) is 27.7 Å². The second-order valence-electron chi connectivity index (χ2n) is 10.4. The summed E-state index contributed by atoms with van der Waals surface area (Å²) in [4.78, 5) is 0. The van der Waals surface area contributed by atoms with Gasteiger partial charge in [0.1, 0.15) is 7.14 Å². The highest BCUT2D eigenvalue weighted by Gasteiger charge is 2.49. The molecule has 4 aromatic carbocycles. The Kier molecular flexibility index (Phi) is 7.70. The van der Waals surface area contributed by atoms with Gasteiger partial charge in [-0.05, 0) is 39.4 Å². The zero-order valence-corrected chi connectivity index (χ0v) is 23.3. The standard InChI is InChI=1S/C29H30F3O4PS/c1-19(2)17-37(33,18-20(3)4)26-16-14-22-10-6-8-12-24(22)28(26)27-23-11-7-5-9-21(23)13-15-25(27)36-38(34,35)29(30,31)32/h5-16,19-20H,17-18H2,1-4H3. The summed E-state index contributed by atoms with van der Waals surface area (Å²) in [5, 5.41) is 3.14. The molecule has 0 heterocycles. The lowest BCUT2D eigenvalue weighted by molar-refractivity contribution is -0.0499. The highest BCUT2D eigenvalue weighted by molar-refractivity contribution is 7.88. The molecule has 38 heavy (non-hydrogen) atoms. The molecule has 0 atom stereocenters. The summed E-state index contributed by atoms with van der Waals surface area (Å²) in [6, 6.07) is 20.7. The van der Waals surface area contributed by atoms with Crippen LogP contribution in [0.3, 0.4) is 0 Å². The molecular formula is C29H30F3O4PS. The smallest absolute Gasteiger partial charge is 0.375 e. The van der Waals surface area contributed by atoms with E-state index in [9.17, 15) is 26.2 Å². The van der Waals surface area contributed by atoms with Crippen LogP contribution in [0.5, 0.6) is 5.75 Å². The molecule has 0 aliphatic carbocycles. The van der Waals surface area contributed by atoms with Crippen molar-refractivity contribution in [2.24, 2.45) is 11.8 Å². The van der Waals surface area contributed by atoms with Crippen LogP contribution in [0.4, 0.5) is 13.2 Å². The molecule has 202 valence electrons. The van der Waals surface area contributed by atoms with Crippen LogP contribution >= 0.6 is 7.14 Å². The second-order valence-corrected chi connectivity index (χ2v) is 14.9. The van der Waals surface area contributed by atoms with E-state index >= 15 is 0 Å². The molecule has 0 spiro atoms. The quantitative estimate of drug-likeness (QED) is 0.123. The lowest BCUT2D eigenvalue weighted by Gasteiger charge is -2.27. The largest absolute Gasteiger partial charge is 0.534 e. The Labute approximate surface area is 221 Å². The fourth-order valence-electron chi connectivity index (χ4n) is 5.06. The van der Waals surface area contributed by atoms with Gasteiger partial charge in [0.2, 0.25) is 0 Å². The lowest BCUT2D eigenvalue weighted by Crippen LogP contribution is -2.28. The van der Waals surface area contributed by atoms with Gasteiger partial charge in [0, 0.05) is 28.8 Å². The third-order valence-electron chi connectivity index (χ3n) is 6.29. The number of fused-ring (bicyclic) bond motifs is 2. The molecule has 4 nitrogen and oxygen atoms in total. The first-order chi connectivity index (χ1) is 17.7. The van der Waals surface area contributed by atoms with Crippen molar-refractivity contribution in [3.05, 3.63) is 72.8 Å². The molecule has 4 aromatic rings.